The van der Waals surface area contributed by atoms with Crippen LogP contribution in [0.2, 0.25) is 0 Å². The molecule has 21 heavy (non-hydrogen) atoms. The predicted octanol–water partition coefficient (Wildman–Crippen LogP) is 5.01. The van der Waals surface area contributed by atoms with E-state index in [0.29, 0.717) is 0 Å². The lowest BCUT2D eigenvalue weighted by atomic mass is 10.0. The number of rotatable bonds is 7. The highest BCUT2D eigenvalue weighted by molar-refractivity contribution is 5.43. The van der Waals surface area contributed by atoms with Gasteiger partial charge in [-0.25, -0.2) is 0 Å². The first kappa shape index (κ1) is 18.0. The van der Waals surface area contributed by atoms with E-state index in [-0.39, 0.29) is 5.54 Å². The molecule has 0 aliphatic carbocycles. The SMILES string of the molecule is Cc1cc(CNC(C)(C)C)cc(C)c1OCCCC(C)C. The van der Waals surface area contributed by atoms with Crippen molar-refractivity contribution in [1.29, 1.82) is 0 Å². The highest BCUT2D eigenvalue weighted by Crippen LogP contribution is 2.25. The van der Waals surface area contributed by atoms with E-state index in [2.05, 4.69) is 65.9 Å². The van der Waals surface area contributed by atoms with Crippen LogP contribution in [0.25, 0.3) is 0 Å². The molecule has 0 atom stereocenters. The molecule has 1 aromatic carbocycles. The van der Waals surface area contributed by atoms with Gasteiger partial charge in [-0.15, -0.1) is 0 Å². The molecule has 0 spiro atoms. The number of hydrogen-bond acceptors (Lipinski definition) is 2. The topological polar surface area (TPSA) is 21.3 Å². The van der Waals surface area contributed by atoms with Crippen molar-refractivity contribution in [3.8, 4) is 5.75 Å². The van der Waals surface area contributed by atoms with Crippen molar-refractivity contribution in [1.82, 2.24) is 5.32 Å². The van der Waals surface area contributed by atoms with Gasteiger partial charge in [0, 0.05) is 12.1 Å². The highest BCUT2D eigenvalue weighted by Gasteiger charge is 2.11. The van der Waals surface area contributed by atoms with Gasteiger partial charge in [-0.3, -0.25) is 0 Å². The predicted molar refractivity (Wildman–Crippen MR) is 92.1 cm³/mol. The summed E-state index contributed by atoms with van der Waals surface area (Å²) < 4.78 is 6.00. The zero-order valence-electron chi connectivity index (χ0n) is 15.0. The van der Waals surface area contributed by atoms with Gasteiger partial charge < -0.3 is 10.1 Å². The van der Waals surface area contributed by atoms with Crippen LogP contribution >= 0.6 is 0 Å². The Bertz CT molecular complexity index is 420. The van der Waals surface area contributed by atoms with E-state index < -0.39 is 0 Å². The summed E-state index contributed by atoms with van der Waals surface area (Å²) in [5, 5.41) is 3.54. The summed E-state index contributed by atoms with van der Waals surface area (Å²) in [6, 6.07) is 4.48. The smallest absolute Gasteiger partial charge is 0.125 e. The van der Waals surface area contributed by atoms with E-state index in [1.807, 2.05) is 0 Å². The maximum atomic E-state index is 6.00. The molecule has 2 nitrogen and oxygen atoms in total. The van der Waals surface area contributed by atoms with Crippen molar-refractivity contribution < 1.29 is 4.74 Å². The van der Waals surface area contributed by atoms with E-state index >= 15 is 0 Å². The summed E-state index contributed by atoms with van der Waals surface area (Å²) >= 11 is 0. The molecule has 2 heteroatoms. The minimum Gasteiger partial charge on any atom is -0.493 e. The molecule has 1 rings (SSSR count). The fourth-order valence-corrected chi connectivity index (χ4v) is 2.40. The first-order chi connectivity index (χ1) is 9.69. The Hall–Kier alpha value is -1.02. The first-order valence-corrected chi connectivity index (χ1v) is 8.17. The monoisotopic (exact) mass is 291 g/mol. The zero-order chi connectivity index (χ0) is 16.0. The third-order valence-corrected chi connectivity index (χ3v) is 3.52. The van der Waals surface area contributed by atoms with Crippen LogP contribution in [0.3, 0.4) is 0 Å². The van der Waals surface area contributed by atoms with Gasteiger partial charge in [0.25, 0.3) is 0 Å². The molecular formula is C19H33NO. The average Bonchev–Trinajstić information content (AvgIpc) is 2.33. The van der Waals surface area contributed by atoms with Gasteiger partial charge in [0.05, 0.1) is 6.61 Å². The maximum Gasteiger partial charge on any atom is 0.125 e. The van der Waals surface area contributed by atoms with E-state index in [0.717, 1.165) is 31.2 Å². The Balaban J connectivity index is 2.63. The molecule has 0 aliphatic rings. The molecular weight excluding hydrogens is 258 g/mol. The van der Waals surface area contributed by atoms with Crippen LogP contribution in [0.15, 0.2) is 12.1 Å². The van der Waals surface area contributed by atoms with E-state index in [4.69, 9.17) is 4.74 Å². The second-order valence-corrected chi connectivity index (χ2v) is 7.55. The number of hydrogen-bond donors (Lipinski definition) is 1. The third-order valence-electron chi connectivity index (χ3n) is 3.52. The van der Waals surface area contributed by atoms with E-state index in [1.165, 1.54) is 23.1 Å². The standard InChI is InChI=1S/C19H33NO/c1-14(2)9-8-10-21-18-15(3)11-17(12-16(18)4)13-20-19(5,6)7/h11-12,14,20H,8-10,13H2,1-7H3. The lowest BCUT2D eigenvalue weighted by Crippen LogP contribution is -2.35. The van der Waals surface area contributed by atoms with Crippen LogP contribution in [0.5, 0.6) is 5.75 Å². The molecule has 0 saturated heterocycles. The number of nitrogens with one attached hydrogen (secondary N) is 1. The van der Waals surface area contributed by atoms with Gasteiger partial charge in [0.15, 0.2) is 0 Å². The Kier molecular flexibility index (Phi) is 6.73. The highest BCUT2D eigenvalue weighted by atomic mass is 16.5. The molecule has 0 aliphatic heterocycles. The van der Waals surface area contributed by atoms with E-state index in [1.54, 1.807) is 0 Å². The van der Waals surface area contributed by atoms with Crippen molar-refractivity contribution in [3.05, 3.63) is 28.8 Å². The minimum atomic E-state index is 0.147. The van der Waals surface area contributed by atoms with E-state index in [9.17, 15) is 0 Å². The largest absolute Gasteiger partial charge is 0.493 e. The Morgan fingerprint density at radius 3 is 2.14 bits per heavy atom. The lowest BCUT2D eigenvalue weighted by molar-refractivity contribution is 0.294. The Morgan fingerprint density at radius 2 is 1.67 bits per heavy atom. The minimum absolute atomic E-state index is 0.147. The number of benzene rings is 1. The summed E-state index contributed by atoms with van der Waals surface area (Å²) in [6.45, 7) is 17.1. The van der Waals surface area contributed by atoms with Crippen molar-refractivity contribution in [3.63, 3.8) is 0 Å². The van der Waals surface area contributed by atoms with Crippen LogP contribution in [-0.4, -0.2) is 12.1 Å². The molecule has 0 bridgehead atoms. The summed E-state index contributed by atoms with van der Waals surface area (Å²) in [5.74, 6) is 1.82. The molecule has 0 amide bonds. The average molecular weight is 291 g/mol. The van der Waals surface area contributed by atoms with Gasteiger partial charge in [-0.2, -0.15) is 0 Å². The molecule has 0 unspecified atom stereocenters. The van der Waals surface area contributed by atoms with Crippen molar-refractivity contribution in [2.45, 2.75) is 73.4 Å². The molecule has 1 aromatic rings. The molecule has 0 saturated carbocycles. The maximum absolute atomic E-state index is 6.00. The van der Waals surface area contributed by atoms with Crippen LogP contribution in [0, 0.1) is 19.8 Å². The molecule has 0 heterocycles. The van der Waals surface area contributed by atoms with Crippen LogP contribution < -0.4 is 10.1 Å². The van der Waals surface area contributed by atoms with Gasteiger partial charge in [0.2, 0.25) is 0 Å². The fourth-order valence-electron chi connectivity index (χ4n) is 2.40. The second-order valence-electron chi connectivity index (χ2n) is 7.55. The second kappa shape index (κ2) is 7.84. The number of aryl methyl sites for hydroxylation is 2. The molecule has 0 fully saturated rings. The Morgan fingerprint density at radius 1 is 1.10 bits per heavy atom. The summed E-state index contributed by atoms with van der Waals surface area (Å²) in [6.07, 6.45) is 2.36. The summed E-state index contributed by atoms with van der Waals surface area (Å²) in [4.78, 5) is 0. The van der Waals surface area contributed by atoms with Gasteiger partial charge >= 0.3 is 0 Å². The van der Waals surface area contributed by atoms with Crippen LogP contribution in [0.4, 0.5) is 0 Å². The fraction of sp³-hybridized carbons (Fsp3) is 0.684. The molecule has 1 N–H and O–H groups in total. The quantitative estimate of drug-likeness (QED) is 0.713. The zero-order valence-corrected chi connectivity index (χ0v) is 15.0. The molecule has 0 aromatic heterocycles. The van der Waals surface area contributed by atoms with Crippen LogP contribution in [0.1, 0.15) is 64.2 Å². The van der Waals surface area contributed by atoms with Crippen molar-refractivity contribution in [2.24, 2.45) is 5.92 Å². The first-order valence-electron chi connectivity index (χ1n) is 8.17. The van der Waals surface area contributed by atoms with Gasteiger partial charge in [-0.05, 0) is 70.1 Å². The lowest BCUT2D eigenvalue weighted by Gasteiger charge is -2.21. The van der Waals surface area contributed by atoms with Crippen LogP contribution in [-0.2, 0) is 6.54 Å². The van der Waals surface area contributed by atoms with Crippen molar-refractivity contribution in [2.75, 3.05) is 6.61 Å². The van der Waals surface area contributed by atoms with Gasteiger partial charge in [0.1, 0.15) is 5.75 Å². The van der Waals surface area contributed by atoms with Crippen molar-refractivity contribution >= 4 is 0 Å². The molecule has 0 radical (unpaired) electrons. The summed E-state index contributed by atoms with van der Waals surface area (Å²) in [7, 11) is 0. The summed E-state index contributed by atoms with van der Waals surface area (Å²) in [5.41, 5.74) is 3.96. The molecule has 120 valence electrons. The normalized spacial score (nSPS) is 12.0. The number of ether oxygens (including phenoxy) is 1. The Labute approximate surface area is 131 Å². The van der Waals surface area contributed by atoms with Gasteiger partial charge in [-0.1, -0.05) is 26.0 Å². The third kappa shape index (κ3) is 6.99.